The van der Waals surface area contributed by atoms with Crippen LogP contribution in [0.5, 0.6) is 5.75 Å². The predicted octanol–water partition coefficient (Wildman–Crippen LogP) is 2.92. The van der Waals surface area contributed by atoms with Crippen LogP contribution in [0.4, 0.5) is 5.69 Å². The molecule has 0 saturated heterocycles. The molecule has 2 aromatic carbocycles. The third-order valence-corrected chi connectivity index (χ3v) is 2.84. The van der Waals surface area contributed by atoms with Crippen LogP contribution in [0.15, 0.2) is 54.6 Å². The average molecular weight is 255 g/mol. The number of anilines is 1. The fraction of sp³-hybridized carbons (Fsp3) is 0.188. The molecule has 0 bridgehead atoms. The Morgan fingerprint density at radius 3 is 2.47 bits per heavy atom. The lowest BCUT2D eigenvalue weighted by atomic mass is 10.1. The topological polar surface area (TPSA) is 38.3 Å². The summed E-state index contributed by atoms with van der Waals surface area (Å²) in [6.07, 6.45) is 0.379. The molecule has 0 radical (unpaired) electrons. The molecular formula is C16H17NO2. The Morgan fingerprint density at radius 2 is 1.74 bits per heavy atom. The number of hydrogen-bond donors (Lipinski definition) is 1. The molecule has 98 valence electrons. The van der Waals surface area contributed by atoms with Crippen molar-refractivity contribution in [3.63, 3.8) is 0 Å². The van der Waals surface area contributed by atoms with E-state index in [1.807, 2.05) is 54.6 Å². The lowest BCUT2D eigenvalue weighted by Gasteiger charge is -2.08. The number of para-hydroxylation sites is 2. The molecule has 0 aliphatic rings. The maximum Gasteiger partial charge on any atom is 0.156 e. The summed E-state index contributed by atoms with van der Waals surface area (Å²) in [5, 5.41) is 3.11. The molecule has 0 aliphatic carbocycles. The Bertz CT molecular complexity index is 537. The normalized spacial score (nSPS) is 9.95. The van der Waals surface area contributed by atoms with Crippen LogP contribution in [0.3, 0.4) is 0 Å². The van der Waals surface area contributed by atoms with Crippen molar-refractivity contribution in [3.8, 4) is 5.75 Å². The van der Waals surface area contributed by atoms with Crippen LogP contribution in [0.25, 0.3) is 0 Å². The van der Waals surface area contributed by atoms with Crippen molar-refractivity contribution in [3.05, 3.63) is 60.2 Å². The maximum atomic E-state index is 11.9. The van der Waals surface area contributed by atoms with Gasteiger partial charge in [-0.2, -0.15) is 0 Å². The van der Waals surface area contributed by atoms with Crippen molar-refractivity contribution < 1.29 is 9.53 Å². The van der Waals surface area contributed by atoms with Gasteiger partial charge in [0.1, 0.15) is 5.75 Å². The molecule has 0 aliphatic heterocycles. The highest BCUT2D eigenvalue weighted by atomic mass is 16.5. The highest BCUT2D eigenvalue weighted by Gasteiger charge is 2.07. The number of rotatable bonds is 6. The molecule has 3 heteroatoms. The smallest absolute Gasteiger partial charge is 0.156 e. The largest absolute Gasteiger partial charge is 0.496 e. The first kappa shape index (κ1) is 13.1. The second kappa shape index (κ2) is 6.59. The molecular weight excluding hydrogens is 238 g/mol. The van der Waals surface area contributed by atoms with Gasteiger partial charge in [-0.1, -0.05) is 36.4 Å². The number of carbonyl (C=O) groups is 1. The van der Waals surface area contributed by atoms with E-state index in [2.05, 4.69) is 5.32 Å². The summed E-state index contributed by atoms with van der Waals surface area (Å²) in [4.78, 5) is 11.9. The molecule has 2 rings (SSSR count). The summed E-state index contributed by atoms with van der Waals surface area (Å²) in [5.74, 6) is 0.893. The molecule has 0 amide bonds. The Kier molecular flexibility index (Phi) is 4.56. The van der Waals surface area contributed by atoms with Gasteiger partial charge in [0.05, 0.1) is 13.7 Å². The van der Waals surface area contributed by atoms with Crippen LogP contribution >= 0.6 is 0 Å². The lowest BCUT2D eigenvalue weighted by molar-refractivity contribution is -0.116. The summed E-state index contributed by atoms with van der Waals surface area (Å²) in [7, 11) is 1.62. The molecule has 1 N–H and O–H groups in total. The zero-order chi connectivity index (χ0) is 13.5. The molecule has 19 heavy (non-hydrogen) atoms. The summed E-state index contributed by atoms with van der Waals surface area (Å²) in [5.41, 5.74) is 1.88. The Balaban J connectivity index is 1.91. The van der Waals surface area contributed by atoms with Crippen LogP contribution in [-0.2, 0) is 11.2 Å². The zero-order valence-corrected chi connectivity index (χ0v) is 10.9. The van der Waals surface area contributed by atoms with Crippen LogP contribution in [0.1, 0.15) is 5.56 Å². The van der Waals surface area contributed by atoms with Gasteiger partial charge in [0, 0.05) is 17.7 Å². The minimum atomic E-state index is 0.133. The van der Waals surface area contributed by atoms with Gasteiger partial charge in [-0.25, -0.2) is 0 Å². The molecule has 0 heterocycles. The minimum Gasteiger partial charge on any atom is -0.496 e. The first-order chi connectivity index (χ1) is 9.29. The third kappa shape index (κ3) is 3.85. The predicted molar refractivity (Wildman–Crippen MR) is 76.6 cm³/mol. The highest BCUT2D eigenvalue weighted by molar-refractivity contribution is 5.85. The van der Waals surface area contributed by atoms with E-state index in [0.717, 1.165) is 17.0 Å². The Morgan fingerprint density at radius 1 is 1.05 bits per heavy atom. The molecule has 0 aromatic heterocycles. The van der Waals surface area contributed by atoms with Crippen molar-refractivity contribution in [2.75, 3.05) is 19.0 Å². The van der Waals surface area contributed by atoms with E-state index in [1.54, 1.807) is 7.11 Å². The Hall–Kier alpha value is -2.29. The number of Topliss-reactive ketones (excluding diaryl/α,β-unsaturated/α-hetero) is 1. The van der Waals surface area contributed by atoms with Crippen LogP contribution < -0.4 is 10.1 Å². The van der Waals surface area contributed by atoms with E-state index >= 15 is 0 Å². The number of nitrogens with one attached hydrogen (secondary N) is 1. The van der Waals surface area contributed by atoms with Gasteiger partial charge in [-0.3, -0.25) is 4.79 Å². The van der Waals surface area contributed by atoms with E-state index in [9.17, 15) is 4.79 Å². The van der Waals surface area contributed by atoms with Crippen molar-refractivity contribution in [2.24, 2.45) is 0 Å². The van der Waals surface area contributed by atoms with Gasteiger partial charge in [0.2, 0.25) is 0 Å². The molecule has 2 aromatic rings. The van der Waals surface area contributed by atoms with Gasteiger partial charge < -0.3 is 10.1 Å². The SMILES string of the molecule is COc1ccccc1CC(=O)CNc1ccccc1. The van der Waals surface area contributed by atoms with Gasteiger partial charge in [0.15, 0.2) is 5.78 Å². The van der Waals surface area contributed by atoms with E-state index in [-0.39, 0.29) is 5.78 Å². The van der Waals surface area contributed by atoms with Crippen molar-refractivity contribution in [1.82, 2.24) is 0 Å². The highest BCUT2D eigenvalue weighted by Crippen LogP contribution is 2.18. The molecule has 0 unspecified atom stereocenters. The average Bonchev–Trinajstić information content (AvgIpc) is 2.47. The first-order valence-electron chi connectivity index (χ1n) is 6.22. The summed E-state index contributed by atoms with van der Waals surface area (Å²) in [6, 6.07) is 17.3. The van der Waals surface area contributed by atoms with E-state index in [1.165, 1.54) is 0 Å². The monoisotopic (exact) mass is 255 g/mol. The first-order valence-corrected chi connectivity index (χ1v) is 6.22. The number of ether oxygens (including phenoxy) is 1. The van der Waals surface area contributed by atoms with E-state index in [0.29, 0.717) is 13.0 Å². The Labute approximate surface area is 113 Å². The minimum absolute atomic E-state index is 0.133. The number of benzene rings is 2. The van der Waals surface area contributed by atoms with Crippen molar-refractivity contribution in [1.29, 1.82) is 0 Å². The van der Waals surface area contributed by atoms with Gasteiger partial charge in [-0.15, -0.1) is 0 Å². The summed E-state index contributed by atoms with van der Waals surface area (Å²) in [6.45, 7) is 0.321. The van der Waals surface area contributed by atoms with Crippen LogP contribution in [0.2, 0.25) is 0 Å². The molecule has 0 spiro atoms. The van der Waals surface area contributed by atoms with Crippen molar-refractivity contribution >= 4 is 11.5 Å². The molecule has 0 saturated carbocycles. The van der Waals surface area contributed by atoms with E-state index in [4.69, 9.17) is 4.74 Å². The zero-order valence-electron chi connectivity index (χ0n) is 10.9. The number of hydrogen-bond acceptors (Lipinski definition) is 3. The van der Waals surface area contributed by atoms with Crippen LogP contribution in [0, 0.1) is 0 Å². The van der Waals surface area contributed by atoms with Gasteiger partial charge in [0.25, 0.3) is 0 Å². The maximum absolute atomic E-state index is 11.9. The standard InChI is InChI=1S/C16H17NO2/c1-19-16-10-6-5-7-13(16)11-15(18)12-17-14-8-3-2-4-9-14/h2-10,17H,11-12H2,1H3. The fourth-order valence-electron chi connectivity index (χ4n) is 1.88. The quantitative estimate of drug-likeness (QED) is 0.862. The number of methoxy groups -OCH3 is 1. The summed E-state index contributed by atoms with van der Waals surface area (Å²) >= 11 is 0. The van der Waals surface area contributed by atoms with Gasteiger partial charge >= 0.3 is 0 Å². The van der Waals surface area contributed by atoms with Crippen molar-refractivity contribution in [2.45, 2.75) is 6.42 Å². The lowest BCUT2D eigenvalue weighted by Crippen LogP contribution is -2.16. The van der Waals surface area contributed by atoms with E-state index < -0.39 is 0 Å². The summed E-state index contributed by atoms with van der Waals surface area (Å²) < 4.78 is 5.24. The number of carbonyl (C=O) groups excluding carboxylic acids is 1. The second-order valence-corrected chi connectivity index (χ2v) is 4.25. The third-order valence-electron chi connectivity index (χ3n) is 2.84. The van der Waals surface area contributed by atoms with Gasteiger partial charge in [-0.05, 0) is 18.2 Å². The molecule has 3 nitrogen and oxygen atoms in total. The number of ketones is 1. The second-order valence-electron chi connectivity index (χ2n) is 4.25. The fourth-order valence-corrected chi connectivity index (χ4v) is 1.88. The molecule has 0 fully saturated rings. The molecule has 0 atom stereocenters. The van der Waals surface area contributed by atoms with Crippen LogP contribution in [-0.4, -0.2) is 19.4 Å².